The molecule has 0 aliphatic carbocycles. The molecule has 0 radical (unpaired) electrons. The summed E-state index contributed by atoms with van der Waals surface area (Å²) in [6, 6.07) is 50.2. The summed E-state index contributed by atoms with van der Waals surface area (Å²) >= 11 is 0. The molecule has 0 atom stereocenters. The van der Waals surface area contributed by atoms with Crippen molar-refractivity contribution in [2.45, 2.75) is 0 Å². The standard InChI is InChI=1S/C38H24N2O/c1-3-10-26(11-4-1)33-24-34(27-12-5-2-6-13-27)40-38(39-33)28-20-18-25(19-21-28)31-16-9-17-35-37(31)32-22-29-14-7-8-15-30(29)23-36(32)41-35/h1-24H. The van der Waals surface area contributed by atoms with Gasteiger partial charge in [-0.1, -0.05) is 121 Å². The second kappa shape index (κ2) is 9.58. The van der Waals surface area contributed by atoms with Crippen LogP contribution < -0.4 is 0 Å². The molecule has 0 unspecified atom stereocenters. The number of furan rings is 1. The van der Waals surface area contributed by atoms with Crippen LogP contribution in [0, 0.1) is 0 Å². The van der Waals surface area contributed by atoms with Gasteiger partial charge in [-0.15, -0.1) is 0 Å². The zero-order valence-corrected chi connectivity index (χ0v) is 22.2. The molecule has 8 aromatic rings. The zero-order valence-electron chi connectivity index (χ0n) is 22.2. The van der Waals surface area contributed by atoms with Gasteiger partial charge in [0.1, 0.15) is 11.2 Å². The third kappa shape index (κ3) is 4.16. The van der Waals surface area contributed by atoms with Crippen molar-refractivity contribution in [1.82, 2.24) is 9.97 Å². The average molecular weight is 525 g/mol. The second-order valence-electron chi connectivity index (χ2n) is 10.2. The third-order valence-electron chi connectivity index (χ3n) is 7.68. The van der Waals surface area contributed by atoms with E-state index in [0.717, 1.165) is 61.1 Å². The summed E-state index contributed by atoms with van der Waals surface area (Å²) in [5.74, 6) is 0.704. The minimum Gasteiger partial charge on any atom is -0.456 e. The van der Waals surface area contributed by atoms with E-state index in [1.807, 2.05) is 42.5 Å². The van der Waals surface area contributed by atoms with Gasteiger partial charge < -0.3 is 4.42 Å². The van der Waals surface area contributed by atoms with Crippen molar-refractivity contribution < 1.29 is 4.42 Å². The molecular formula is C38H24N2O. The number of hydrogen-bond donors (Lipinski definition) is 0. The van der Waals surface area contributed by atoms with E-state index in [1.54, 1.807) is 0 Å². The molecule has 0 bridgehead atoms. The quantitative estimate of drug-likeness (QED) is 0.230. The lowest BCUT2D eigenvalue weighted by atomic mass is 9.97. The predicted octanol–water partition coefficient (Wildman–Crippen LogP) is 10.2. The lowest BCUT2D eigenvalue weighted by Gasteiger charge is -2.10. The van der Waals surface area contributed by atoms with E-state index in [4.69, 9.17) is 14.4 Å². The number of nitrogens with zero attached hydrogens (tertiary/aromatic N) is 2. The topological polar surface area (TPSA) is 38.9 Å². The Kier molecular flexibility index (Phi) is 5.46. The molecule has 0 spiro atoms. The molecule has 41 heavy (non-hydrogen) atoms. The Hall–Kier alpha value is -5.54. The van der Waals surface area contributed by atoms with E-state index in [2.05, 4.69) is 103 Å². The molecule has 3 nitrogen and oxygen atoms in total. The Balaban J connectivity index is 1.25. The van der Waals surface area contributed by atoms with Gasteiger partial charge in [0.05, 0.1) is 11.4 Å². The van der Waals surface area contributed by atoms with Gasteiger partial charge in [0, 0.05) is 27.5 Å². The smallest absolute Gasteiger partial charge is 0.160 e. The molecular weight excluding hydrogens is 500 g/mol. The summed E-state index contributed by atoms with van der Waals surface area (Å²) in [4.78, 5) is 9.97. The number of fused-ring (bicyclic) bond motifs is 4. The Labute approximate surface area is 237 Å². The van der Waals surface area contributed by atoms with Gasteiger partial charge >= 0.3 is 0 Å². The fourth-order valence-electron chi connectivity index (χ4n) is 5.64. The highest BCUT2D eigenvalue weighted by molar-refractivity contribution is 6.15. The first-order chi connectivity index (χ1) is 20.3. The molecule has 0 saturated carbocycles. The summed E-state index contributed by atoms with van der Waals surface area (Å²) in [5.41, 5.74) is 8.97. The van der Waals surface area contributed by atoms with Gasteiger partial charge in [0.15, 0.2) is 5.82 Å². The highest BCUT2D eigenvalue weighted by atomic mass is 16.3. The lowest BCUT2D eigenvalue weighted by Crippen LogP contribution is -1.95. The summed E-state index contributed by atoms with van der Waals surface area (Å²) in [6.45, 7) is 0. The first-order valence-corrected chi connectivity index (χ1v) is 13.7. The Morgan fingerprint density at radius 1 is 0.415 bits per heavy atom. The van der Waals surface area contributed by atoms with Crippen molar-refractivity contribution >= 4 is 32.7 Å². The van der Waals surface area contributed by atoms with E-state index >= 15 is 0 Å². The van der Waals surface area contributed by atoms with Crippen LogP contribution in [0.4, 0.5) is 0 Å². The molecule has 0 amide bonds. The fraction of sp³-hybridized carbons (Fsp3) is 0. The van der Waals surface area contributed by atoms with Gasteiger partial charge in [-0.2, -0.15) is 0 Å². The van der Waals surface area contributed by atoms with Crippen LogP contribution in [0.25, 0.3) is 77.7 Å². The van der Waals surface area contributed by atoms with Gasteiger partial charge in [0.2, 0.25) is 0 Å². The van der Waals surface area contributed by atoms with E-state index in [1.165, 1.54) is 10.8 Å². The molecule has 3 heteroatoms. The first-order valence-electron chi connectivity index (χ1n) is 13.7. The number of aromatic nitrogens is 2. The van der Waals surface area contributed by atoms with Crippen LogP contribution in [0.3, 0.4) is 0 Å². The zero-order chi connectivity index (χ0) is 27.2. The van der Waals surface area contributed by atoms with E-state index in [0.29, 0.717) is 5.82 Å². The molecule has 0 aliphatic rings. The van der Waals surface area contributed by atoms with Crippen LogP contribution in [0.5, 0.6) is 0 Å². The highest BCUT2D eigenvalue weighted by Gasteiger charge is 2.15. The SMILES string of the molecule is c1ccc(-c2cc(-c3ccccc3)nc(-c3ccc(-c4cccc5oc6cc7ccccc7cc6c45)cc3)n2)cc1. The van der Waals surface area contributed by atoms with Crippen LogP contribution in [-0.4, -0.2) is 9.97 Å². The Morgan fingerprint density at radius 2 is 1.00 bits per heavy atom. The normalized spacial score (nSPS) is 11.4. The van der Waals surface area contributed by atoms with E-state index in [9.17, 15) is 0 Å². The van der Waals surface area contributed by atoms with Crippen LogP contribution in [-0.2, 0) is 0 Å². The van der Waals surface area contributed by atoms with Crippen molar-refractivity contribution in [3.05, 3.63) is 146 Å². The summed E-state index contributed by atoms with van der Waals surface area (Å²) in [6.07, 6.45) is 0. The Bertz CT molecular complexity index is 2120. The van der Waals surface area contributed by atoms with Crippen molar-refractivity contribution in [2.24, 2.45) is 0 Å². The molecule has 0 saturated heterocycles. The molecule has 192 valence electrons. The maximum absolute atomic E-state index is 6.31. The second-order valence-corrected chi connectivity index (χ2v) is 10.2. The van der Waals surface area contributed by atoms with Crippen LogP contribution in [0.1, 0.15) is 0 Å². The molecule has 6 aromatic carbocycles. The maximum atomic E-state index is 6.31. The fourth-order valence-corrected chi connectivity index (χ4v) is 5.64. The van der Waals surface area contributed by atoms with Gasteiger partial charge in [-0.05, 0) is 46.2 Å². The van der Waals surface area contributed by atoms with Gasteiger partial charge in [0.25, 0.3) is 0 Å². The monoisotopic (exact) mass is 524 g/mol. The first kappa shape index (κ1) is 23.4. The van der Waals surface area contributed by atoms with Crippen molar-refractivity contribution in [2.75, 3.05) is 0 Å². The molecule has 0 aliphatic heterocycles. The summed E-state index contributed by atoms with van der Waals surface area (Å²) in [7, 11) is 0. The summed E-state index contributed by atoms with van der Waals surface area (Å²) < 4.78 is 6.31. The lowest BCUT2D eigenvalue weighted by molar-refractivity contribution is 0.669. The Morgan fingerprint density at radius 3 is 1.66 bits per heavy atom. The van der Waals surface area contributed by atoms with Crippen molar-refractivity contribution in [3.63, 3.8) is 0 Å². The van der Waals surface area contributed by atoms with Crippen LogP contribution >= 0.6 is 0 Å². The molecule has 2 aromatic heterocycles. The van der Waals surface area contributed by atoms with E-state index < -0.39 is 0 Å². The van der Waals surface area contributed by atoms with Crippen LogP contribution in [0.2, 0.25) is 0 Å². The van der Waals surface area contributed by atoms with Crippen molar-refractivity contribution in [1.29, 1.82) is 0 Å². The minimum absolute atomic E-state index is 0.704. The van der Waals surface area contributed by atoms with Gasteiger partial charge in [-0.25, -0.2) is 9.97 Å². The third-order valence-corrected chi connectivity index (χ3v) is 7.68. The van der Waals surface area contributed by atoms with E-state index in [-0.39, 0.29) is 0 Å². The van der Waals surface area contributed by atoms with Gasteiger partial charge in [-0.3, -0.25) is 0 Å². The molecule has 0 N–H and O–H groups in total. The average Bonchev–Trinajstić information content (AvgIpc) is 3.42. The molecule has 8 rings (SSSR count). The number of benzene rings is 6. The van der Waals surface area contributed by atoms with Crippen molar-refractivity contribution in [3.8, 4) is 45.0 Å². The predicted molar refractivity (Wildman–Crippen MR) is 169 cm³/mol. The minimum atomic E-state index is 0.704. The number of rotatable bonds is 4. The molecule has 0 fully saturated rings. The largest absolute Gasteiger partial charge is 0.456 e. The number of hydrogen-bond acceptors (Lipinski definition) is 3. The highest BCUT2D eigenvalue weighted by Crippen LogP contribution is 2.39. The maximum Gasteiger partial charge on any atom is 0.160 e. The molecule has 2 heterocycles. The summed E-state index contributed by atoms with van der Waals surface area (Å²) in [5, 5.41) is 4.65. The van der Waals surface area contributed by atoms with Crippen LogP contribution in [0.15, 0.2) is 150 Å².